The molecule has 1 aliphatic carbocycles. The Balaban J connectivity index is 1.57. The second-order valence-electron chi connectivity index (χ2n) is 7.57. The van der Waals surface area contributed by atoms with Gasteiger partial charge in [-0.05, 0) is 56.9 Å². The van der Waals surface area contributed by atoms with Crippen LogP contribution in [0.5, 0.6) is 0 Å². The first kappa shape index (κ1) is 19.0. The molecule has 0 saturated carbocycles. The van der Waals surface area contributed by atoms with Gasteiger partial charge in [0.05, 0.1) is 39.8 Å². The molecule has 0 amide bonds. The van der Waals surface area contributed by atoms with Gasteiger partial charge in [-0.2, -0.15) is 5.10 Å². The highest BCUT2D eigenvalue weighted by molar-refractivity contribution is 6.42. The molecule has 0 radical (unpaired) electrons. The van der Waals surface area contributed by atoms with E-state index in [4.69, 9.17) is 27.9 Å². The lowest BCUT2D eigenvalue weighted by atomic mass is 9.92. The highest BCUT2D eigenvalue weighted by Crippen LogP contribution is 2.33. The molecule has 4 nitrogen and oxygen atoms in total. The number of rotatable bonds is 3. The van der Waals surface area contributed by atoms with Crippen molar-refractivity contribution >= 4 is 28.8 Å². The molecular weight excluding hydrogens is 381 g/mol. The number of hydrogen-bond donors (Lipinski definition) is 0. The average Bonchev–Trinajstić information content (AvgIpc) is 3.06. The van der Waals surface area contributed by atoms with Gasteiger partial charge in [0.2, 0.25) is 0 Å². The first-order chi connectivity index (χ1) is 13.0. The molecule has 0 N–H and O–H groups in total. The SMILES string of the molecule is C[C@@H]1CN(CC=C2CCCc3c2cnn3-c2ccc(Cl)c(Cl)c2)C[C@H](C)O1. The minimum absolute atomic E-state index is 0.298. The number of fused-ring (bicyclic) bond motifs is 1. The molecular formula is C21H25Cl2N3O. The fraction of sp³-hybridized carbons (Fsp3) is 0.476. The average molecular weight is 406 g/mol. The lowest BCUT2D eigenvalue weighted by Gasteiger charge is -2.34. The Labute approximate surface area is 170 Å². The molecule has 6 heteroatoms. The van der Waals surface area contributed by atoms with Gasteiger partial charge in [0.25, 0.3) is 0 Å². The maximum Gasteiger partial charge on any atom is 0.0678 e. The molecule has 1 fully saturated rings. The third-order valence-electron chi connectivity index (χ3n) is 5.31. The second kappa shape index (κ2) is 7.96. The molecule has 2 aliphatic rings. The summed E-state index contributed by atoms with van der Waals surface area (Å²) in [4.78, 5) is 2.48. The molecule has 144 valence electrons. The molecule has 1 aromatic heterocycles. The summed E-state index contributed by atoms with van der Waals surface area (Å²) in [5, 5.41) is 5.77. The van der Waals surface area contributed by atoms with E-state index < -0.39 is 0 Å². The molecule has 0 spiro atoms. The fourth-order valence-electron chi connectivity index (χ4n) is 4.19. The first-order valence-corrected chi connectivity index (χ1v) is 10.4. The zero-order valence-corrected chi connectivity index (χ0v) is 17.3. The van der Waals surface area contributed by atoms with Crippen molar-refractivity contribution < 1.29 is 4.74 Å². The fourth-order valence-corrected chi connectivity index (χ4v) is 4.48. The van der Waals surface area contributed by atoms with Crippen molar-refractivity contribution in [2.75, 3.05) is 19.6 Å². The van der Waals surface area contributed by atoms with E-state index in [0.29, 0.717) is 22.3 Å². The Morgan fingerprint density at radius 1 is 1.15 bits per heavy atom. The monoisotopic (exact) mass is 405 g/mol. The van der Waals surface area contributed by atoms with Crippen LogP contribution in [-0.2, 0) is 11.2 Å². The Morgan fingerprint density at radius 3 is 2.67 bits per heavy atom. The van der Waals surface area contributed by atoms with Crippen LogP contribution in [0.25, 0.3) is 11.3 Å². The van der Waals surface area contributed by atoms with Gasteiger partial charge in [0, 0.05) is 25.2 Å². The van der Waals surface area contributed by atoms with Crippen LogP contribution < -0.4 is 0 Å². The number of hydrogen-bond acceptors (Lipinski definition) is 3. The molecule has 1 saturated heterocycles. The highest BCUT2D eigenvalue weighted by atomic mass is 35.5. The quantitative estimate of drug-likeness (QED) is 0.718. The van der Waals surface area contributed by atoms with Crippen LogP contribution in [0.3, 0.4) is 0 Å². The molecule has 0 bridgehead atoms. The number of benzene rings is 1. The predicted octanol–water partition coefficient (Wildman–Crippen LogP) is 5.01. The molecule has 2 atom stereocenters. The second-order valence-corrected chi connectivity index (χ2v) is 8.39. The van der Waals surface area contributed by atoms with Gasteiger partial charge in [-0.15, -0.1) is 0 Å². The van der Waals surface area contributed by atoms with Crippen molar-refractivity contribution in [3.05, 3.63) is 51.8 Å². The van der Waals surface area contributed by atoms with Gasteiger partial charge < -0.3 is 4.74 Å². The maximum atomic E-state index is 6.20. The summed E-state index contributed by atoms with van der Waals surface area (Å²) in [7, 11) is 0. The number of morpholine rings is 1. The minimum atomic E-state index is 0.298. The summed E-state index contributed by atoms with van der Waals surface area (Å²) in [6, 6.07) is 5.68. The minimum Gasteiger partial charge on any atom is -0.373 e. The smallest absolute Gasteiger partial charge is 0.0678 e. The molecule has 2 aromatic rings. The summed E-state index contributed by atoms with van der Waals surface area (Å²) in [6.07, 6.45) is 8.24. The molecule has 1 aromatic carbocycles. The number of allylic oxidation sites excluding steroid dienone is 1. The van der Waals surface area contributed by atoms with Gasteiger partial charge in [0.1, 0.15) is 0 Å². The maximum absolute atomic E-state index is 6.20. The van der Waals surface area contributed by atoms with Crippen LogP contribution in [0.1, 0.15) is 37.9 Å². The van der Waals surface area contributed by atoms with Crippen LogP contribution in [-0.4, -0.2) is 46.5 Å². The van der Waals surface area contributed by atoms with Crippen LogP contribution in [0.15, 0.2) is 30.5 Å². The summed E-state index contributed by atoms with van der Waals surface area (Å²) in [5.41, 5.74) is 4.88. The number of ether oxygens (including phenoxy) is 1. The third-order valence-corrected chi connectivity index (χ3v) is 6.05. The zero-order valence-electron chi connectivity index (χ0n) is 15.8. The van der Waals surface area contributed by atoms with Gasteiger partial charge >= 0.3 is 0 Å². The van der Waals surface area contributed by atoms with Gasteiger partial charge in [-0.1, -0.05) is 29.3 Å². The Kier molecular flexibility index (Phi) is 5.60. The largest absolute Gasteiger partial charge is 0.373 e. The van der Waals surface area contributed by atoms with Crippen molar-refractivity contribution in [2.45, 2.75) is 45.3 Å². The number of nitrogens with zero attached hydrogens (tertiary/aromatic N) is 3. The molecule has 2 heterocycles. The van der Waals surface area contributed by atoms with Gasteiger partial charge in [0.15, 0.2) is 0 Å². The van der Waals surface area contributed by atoms with E-state index in [0.717, 1.165) is 44.6 Å². The Morgan fingerprint density at radius 2 is 1.93 bits per heavy atom. The van der Waals surface area contributed by atoms with E-state index in [2.05, 4.69) is 29.9 Å². The van der Waals surface area contributed by atoms with Gasteiger partial charge in [-0.25, -0.2) is 4.68 Å². The van der Waals surface area contributed by atoms with Crippen molar-refractivity contribution in [3.8, 4) is 5.69 Å². The zero-order chi connectivity index (χ0) is 19.0. The number of aromatic nitrogens is 2. The third kappa shape index (κ3) is 4.09. The van der Waals surface area contributed by atoms with Crippen LogP contribution in [0.2, 0.25) is 10.0 Å². The molecule has 4 rings (SSSR count). The van der Waals surface area contributed by atoms with Crippen molar-refractivity contribution in [1.29, 1.82) is 0 Å². The summed E-state index contributed by atoms with van der Waals surface area (Å²) in [5.74, 6) is 0. The van der Waals surface area contributed by atoms with E-state index in [1.807, 2.05) is 29.1 Å². The van der Waals surface area contributed by atoms with Crippen LogP contribution >= 0.6 is 23.2 Å². The van der Waals surface area contributed by atoms with Crippen LogP contribution in [0, 0.1) is 0 Å². The van der Waals surface area contributed by atoms with E-state index in [1.165, 1.54) is 16.8 Å². The van der Waals surface area contributed by atoms with E-state index in [1.54, 1.807) is 0 Å². The van der Waals surface area contributed by atoms with Gasteiger partial charge in [-0.3, -0.25) is 4.90 Å². The van der Waals surface area contributed by atoms with Crippen molar-refractivity contribution in [2.24, 2.45) is 0 Å². The lowest BCUT2D eigenvalue weighted by molar-refractivity contribution is -0.0646. The van der Waals surface area contributed by atoms with E-state index in [9.17, 15) is 0 Å². The first-order valence-electron chi connectivity index (χ1n) is 9.61. The standard InChI is InChI=1S/C21H25Cl2N3O/c1-14-12-25(13-15(2)27-14)9-8-16-4-3-5-21-18(16)11-24-26(21)17-6-7-19(22)20(23)10-17/h6-8,10-11,14-15H,3-5,9,12-13H2,1-2H3/t14-,15+. The molecule has 0 unspecified atom stereocenters. The van der Waals surface area contributed by atoms with Crippen LogP contribution in [0.4, 0.5) is 0 Å². The summed E-state index contributed by atoms with van der Waals surface area (Å²) >= 11 is 12.3. The topological polar surface area (TPSA) is 30.3 Å². The summed E-state index contributed by atoms with van der Waals surface area (Å²) in [6.45, 7) is 7.24. The Hall–Kier alpha value is -1.33. The van der Waals surface area contributed by atoms with Crippen molar-refractivity contribution in [1.82, 2.24) is 14.7 Å². The summed E-state index contributed by atoms with van der Waals surface area (Å²) < 4.78 is 7.84. The molecule has 27 heavy (non-hydrogen) atoms. The highest BCUT2D eigenvalue weighted by Gasteiger charge is 2.23. The van der Waals surface area contributed by atoms with E-state index in [-0.39, 0.29) is 0 Å². The van der Waals surface area contributed by atoms with E-state index >= 15 is 0 Å². The normalized spacial score (nSPS) is 25.0. The predicted molar refractivity (Wildman–Crippen MR) is 111 cm³/mol. The molecule has 1 aliphatic heterocycles. The van der Waals surface area contributed by atoms with Crippen molar-refractivity contribution in [3.63, 3.8) is 0 Å². The number of halogens is 2. The Bertz CT molecular complexity index is 851. The lowest BCUT2D eigenvalue weighted by Crippen LogP contribution is -2.45.